The van der Waals surface area contributed by atoms with Gasteiger partial charge in [0.1, 0.15) is 5.76 Å². The van der Waals surface area contributed by atoms with E-state index in [4.69, 9.17) is 21.1 Å². The summed E-state index contributed by atoms with van der Waals surface area (Å²) in [5, 5.41) is 9.55. The first-order valence-electron chi connectivity index (χ1n) is 6.37. The molecule has 0 spiro atoms. The molecule has 0 saturated carbocycles. The Morgan fingerprint density at radius 2 is 2.19 bits per heavy atom. The summed E-state index contributed by atoms with van der Waals surface area (Å²) >= 11 is 5.97. The lowest BCUT2D eigenvalue weighted by Crippen LogP contribution is -2.25. The molecular weight excluding hydrogens is 294 g/mol. The second-order valence-electron chi connectivity index (χ2n) is 4.96. The molecule has 0 radical (unpaired) electrons. The Labute approximate surface area is 125 Å². The van der Waals surface area contributed by atoms with Crippen molar-refractivity contribution < 1.29 is 19.1 Å². The van der Waals surface area contributed by atoms with Crippen LogP contribution in [0.2, 0.25) is 5.02 Å². The van der Waals surface area contributed by atoms with Crippen molar-refractivity contribution in [3.63, 3.8) is 0 Å². The minimum Gasteiger partial charge on any atom is -0.475 e. The Kier molecular flexibility index (Phi) is 3.22. The Bertz CT molecular complexity index is 750. The summed E-state index contributed by atoms with van der Waals surface area (Å²) in [5.74, 6) is -0.831. The maximum atomic E-state index is 12.1. The van der Waals surface area contributed by atoms with Gasteiger partial charge in [-0.15, -0.1) is 0 Å². The van der Waals surface area contributed by atoms with Crippen LogP contribution in [0.25, 0.3) is 0 Å². The Balaban J connectivity index is 1.92. The third kappa shape index (κ3) is 2.40. The van der Waals surface area contributed by atoms with Gasteiger partial charge in [0.15, 0.2) is 0 Å². The summed E-state index contributed by atoms with van der Waals surface area (Å²) < 4.78 is 5.30. The predicted molar refractivity (Wildman–Crippen MR) is 76.8 cm³/mol. The van der Waals surface area contributed by atoms with E-state index in [1.165, 1.54) is 0 Å². The normalized spacial score (nSPS) is 13.6. The Morgan fingerprint density at radius 1 is 1.43 bits per heavy atom. The first kappa shape index (κ1) is 13.7. The third-order valence-electron chi connectivity index (χ3n) is 3.46. The molecule has 0 bridgehead atoms. The van der Waals surface area contributed by atoms with Crippen molar-refractivity contribution in [1.29, 1.82) is 0 Å². The number of hydrogen-bond donors (Lipinski definition) is 1. The van der Waals surface area contributed by atoms with Gasteiger partial charge in [0, 0.05) is 16.3 Å². The molecule has 2 heterocycles. The zero-order valence-corrected chi connectivity index (χ0v) is 12.0. The molecule has 2 aromatic rings. The predicted octanol–water partition coefficient (Wildman–Crippen LogP) is 3.03. The number of rotatable bonds is 3. The molecule has 21 heavy (non-hydrogen) atoms. The molecule has 3 rings (SSSR count). The van der Waals surface area contributed by atoms with Gasteiger partial charge in [0.05, 0.1) is 13.0 Å². The van der Waals surface area contributed by atoms with Crippen LogP contribution >= 0.6 is 11.6 Å². The van der Waals surface area contributed by atoms with Crippen LogP contribution in [0, 0.1) is 6.92 Å². The highest BCUT2D eigenvalue weighted by atomic mass is 35.5. The lowest BCUT2D eigenvalue weighted by molar-refractivity contribution is -0.117. The standard InChI is InChI=1S/C15H12ClNO4/c1-8-4-11(21-14(8)15(19)20)7-17-12-6-10(16)3-2-9(12)5-13(17)18/h2-4,6H,5,7H2,1H3,(H,19,20). The van der Waals surface area contributed by atoms with Gasteiger partial charge in [0.2, 0.25) is 11.7 Å². The number of carboxylic acids is 1. The number of anilines is 1. The van der Waals surface area contributed by atoms with Gasteiger partial charge in [0.25, 0.3) is 0 Å². The van der Waals surface area contributed by atoms with Gasteiger partial charge in [-0.1, -0.05) is 17.7 Å². The van der Waals surface area contributed by atoms with Crippen molar-refractivity contribution in [2.24, 2.45) is 0 Å². The fourth-order valence-corrected chi connectivity index (χ4v) is 2.66. The molecule has 0 atom stereocenters. The highest BCUT2D eigenvalue weighted by molar-refractivity contribution is 6.31. The summed E-state index contributed by atoms with van der Waals surface area (Å²) in [6.07, 6.45) is 0.317. The molecule has 1 aliphatic rings. The number of aromatic carboxylic acids is 1. The van der Waals surface area contributed by atoms with E-state index in [0.717, 1.165) is 11.3 Å². The lowest BCUT2D eigenvalue weighted by atomic mass is 10.2. The summed E-state index contributed by atoms with van der Waals surface area (Å²) in [6, 6.07) is 6.94. The van der Waals surface area contributed by atoms with Crippen LogP contribution < -0.4 is 4.90 Å². The summed E-state index contributed by atoms with van der Waals surface area (Å²) in [6.45, 7) is 1.85. The number of carbonyl (C=O) groups excluding carboxylic acids is 1. The van der Waals surface area contributed by atoms with Gasteiger partial charge in [-0.3, -0.25) is 4.79 Å². The minimum atomic E-state index is -1.12. The second kappa shape index (κ2) is 4.93. The number of aryl methyl sites for hydroxylation is 1. The van der Waals surface area contributed by atoms with Crippen LogP contribution in [0.1, 0.15) is 27.4 Å². The minimum absolute atomic E-state index is 0.0572. The van der Waals surface area contributed by atoms with Crippen LogP contribution in [0.5, 0.6) is 0 Å². The molecule has 6 heteroatoms. The summed E-state index contributed by atoms with van der Waals surface area (Å²) in [5.41, 5.74) is 2.19. The topological polar surface area (TPSA) is 70.8 Å². The van der Waals surface area contributed by atoms with E-state index in [-0.39, 0.29) is 18.2 Å². The van der Waals surface area contributed by atoms with Gasteiger partial charge >= 0.3 is 5.97 Å². The third-order valence-corrected chi connectivity index (χ3v) is 3.69. The number of carboxylic acid groups (broad SMARTS) is 1. The fourth-order valence-electron chi connectivity index (χ4n) is 2.50. The highest BCUT2D eigenvalue weighted by Crippen LogP contribution is 2.33. The van der Waals surface area contributed by atoms with Crippen molar-refractivity contribution in [2.45, 2.75) is 19.9 Å². The van der Waals surface area contributed by atoms with Crippen molar-refractivity contribution in [1.82, 2.24) is 0 Å². The molecule has 0 saturated heterocycles. The van der Waals surface area contributed by atoms with E-state index in [0.29, 0.717) is 22.8 Å². The summed E-state index contributed by atoms with van der Waals surface area (Å²) in [7, 11) is 0. The quantitative estimate of drug-likeness (QED) is 0.946. The van der Waals surface area contributed by atoms with Crippen LogP contribution in [0.15, 0.2) is 28.7 Å². The van der Waals surface area contributed by atoms with Crippen molar-refractivity contribution in [2.75, 3.05) is 4.90 Å². The largest absolute Gasteiger partial charge is 0.475 e. The molecule has 0 fully saturated rings. The number of carbonyl (C=O) groups is 2. The maximum Gasteiger partial charge on any atom is 0.372 e. The van der Waals surface area contributed by atoms with Crippen molar-refractivity contribution in [3.05, 3.63) is 51.9 Å². The van der Waals surface area contributed by atoms with Gasteiger partial charge in [-0.25, -0.2) is 4.79 Å². The molecule has 1 aliphatic heterocycles. The van der Waals surface area contributed by atoms with Crippen LogP contribution in [-0.2, 0) is 17.8 Å². The molecule has 1 aromatic heterocycles. The highest BCUT2D eigenvalue weighted by Gasteiger charge is 2.28. The molecule has 1 aromatic carbocycles. The maximum absolute atomic E-state index is 12.1. The van der Waals surface area contributed by atoms with Gasteiger partial charge in [-0.2, -0.15) is 0 Å². The zero-order chi connectivity index (χ0) is 15.1. The number of furan rings is 1. The number of amides is 1. The van der Waals surface area contributed by atoms with E-state index in [1.807, 2.05) is 6.07 Å². The SMILES string of the molecule is Cc1cc(CN2C(=O)Cc3ccc(Cl)cc32)oc1C(=O)O. The zero-order valence-electron chi connectivity index (χ0n) is 11.2. The molecule has 0 unspecified atom stereocenters. The number of benzene rings is 1. The number of hydrogen-bond acceptors (Lipinski definition) is 3. The smallest absolute Gasteiger partial charge is 0.372 e. The van der Waals surface area contributed by atoms with Crippen LogP contribution in [0.3, 0.4) is 0 Å². The van der Waals surface area contributed by atoms with Crippen molar-refractivity contribution in [3.8, 4) is 0 Å². The molecule has 0 aliphatic carbocycles. The van der Waals surface area contributed by atoms with Gasteiger partial charge in [-0.05, 0) is 30.7 Å². The Hall–Kier alpha value is -2.27. The van der Waals surface area contributed by atoms with E-state index < -0.39 is 5.97 Å². The molecule has 5 nitrogen and oxygen atoms in total. The monoisotopic (exact) mass is 305 g/mol. The van der Waals surface area contributed by atoms with Crippen LogP contribution in [-0.4, -0.2) is 17.0 Å². The second-order valence-corrected chi connectivity index (χ2v) is 5.40. The average molecular weight is 306 g/mol. The summed E-state index contributed by atoms with van der Waals surface area (Å²) in [4.78, 5) is 24.6. The fraction of sp³-hybridized carbons (Fsp3) is 0.200. The van der Waals surface area contributed by atoms with E-state index in [9.17, 15) is 9.59 Å². The molecule has 1 N–H and O–H groups in total. The average Bonchev–Trinajstić information content (AvgIpc) is 2.92. The number of nitrogens with zero attached hydrogens (tertiary/aromatic N) is 1. The first-order chi connectivity index (χ1) is 9.95. The lowest BCUT2D eigenvalue weighted by Gasteiger charge is -2.16. The van der Waals surface area contributed by atoms with Crippen molar-refractivity contribution >= 4 is 29.2 Å². The van der Waals surface area contributed by atoms with Gasteiger partial charge < -0.3 is 14.4 Å². The molecule has 108 valence electrons. The Morgan fingerprint density at radius 3 is 2.86 bits per heavy atom. The molecule has 1 amide bonds. The van der Waals surface area contributed by atoms with Crippen LogP contribution in [0.4, 0.5) is 5.69 Å². The number of halogens is 1. The van der Waals surface area contributed by atoms with E-state index >= 15 is 0 Å². The van der Waals surface area contributed by atoms with E-state index in [1.54, 1.807) is 30.0 Å². The van der Waals surface area contributed by atoms with E-state index in [2.05, 4.69) is 0 Å². The number of fused-ring (bicyclic) bond motifs is 1. The molecular formula is C15H12ClNO4. The first-order valence-corrected chi connectivity index (χ1v) is 6.75.